The molecule has 1 amide bonds. The molecule has 0 aromatic carbocycles. The average Bonchev–Trinajstić information content (AvgIpc) is 2.67. The molecule has 1 heterocycles. The maximum absolute atomic E-state index is 11.5. The normalized spacial score (nSPS) is 12.2. The number of amides is 1. The van der Waals surface area contributed by atoms with Gasteiger partial charge in [0.05, 0.1) is 18.1 Å². The van der Waals surface area contributed by atoms with Crippen LogP contribution in [0.5, 0.6) is 0 Å². The lowest BCUT2D eigenvalue weighted by molar-refractivity contribution is -0.142. The summed E-state index contributed by atoms with van der Waals surface area (Å²) in [4.78, 5) is 22.1. The summed E-state index contributed by atoms with van der Waals surface area (Å²) in [6.45, 7) is 2.98. The third kappa shape index (κ3) is 4.56. The second-order valence-electron chi connectivity index (χ2n) is 3.94. The van der Waals surface area contributed by atoms with Gasteiger partial charge in [-0.2, -0.15) is 0 Å². The molecule has 0 aliphatic heterocycles. The molecule has 0 spiro atoms. The number of thioether (sulfide) groups is 1. The van der Waals surface area contributed by atoms with Gasteiger partial charge in [0.2, 0.25) is 5.91 Å². The highest BCUT2D eigenvalue weighted by Crippen LogP contribution is 2.19. The molecule has 1 aromatic heterocycles. The number of rotatable bonds is 7. The molecule has 1 aromatic rings. The van der Waals surface area contributed by atoms with Gasteiger partial charge in [0.1, 0.15) is 11.8 Å². The van der Waals surface area contributed by atoms with E-state index in [0.29, 0.717) is 11.5 Å². The highest BCUT2D eigenvalue weighted by Gasteiger charge is 2.18. The zero-order chi connectivity index (χ0) is 14.4. The lowest BCUT2D eigenvalue weighted by Crippen LogP contribution is -2.44. The molecule has 1 rings (SSSR count). The number of aromatic nitrogens is 1. The number of nitrogens with zero attached hydrogens (tertiary/aromatic N) is 1. The van der Waals surface area contributed by atoms with E-state index >= 15 is 0 Å². The van der Waals surface area contributed by atoms with E-state index in [1.165, 1.54) is 11.8 Å². The van der Waals surface area contributed by atoms with Gasteiger partial charge in [0.25, 0.3) is 0 Å². The van der Waals surface area contributed by atoms with Crippen LogP contribution in [0.25, 0.3) is 0 Å². The minimum absolute atomic E-state index is 0.105. The first-order valence-electron chi connectivity index (χ1n) is 5.58. The Morgan fingerprint density at radius 1 is 1.47 bits per heavy atom. The monoisotopic (exact) mass is 288 g/mol. The van der Waals surface area contributed by atoms with E-state index in [9.17, 15) is 9.59 Å². The molecule has 0 fully saturated rings. The highest BCUT2D eigenvalue weighted by atomic mass is 32.2. The number of aryl methyl sites for hydroxylation is 2. The van der Waals surface area contributed by atoms with Gasteiger partial charge in [-0.05, 0) is 13.8 Å². The second-order valence-corrected chi connectivity index (χ2v) is 4.92. The Labute approximate surface area is 114 Å². The molecule has 7 nitrogen and oxygen atoms in total. The standard InChI is InChI=1S/C11H16N2O5S/c1-6-8(7(2)18-13-6)4-19-5-10(15)12-9(3-14)11(16)17/h9,14H,3-5H2,1-2H3,(H,12,15)(H,16,17)/t9-/m1/s1. The summed E-state index contributed by atoms with van der Waals surface area (Å²) >= 11 is 1.32. The Bertz CT molecular complexity index is 440. The van der Waals surface area contributed by atoms with Gasteiger partial charge in [-0.15, -0.1) is 11.8 Å². The summed E-state index contributed by atoms with van der Waals surface area (Å²) in [5, 5.41) is 23.5. The number of hydrogen-bond acceptors (Lipinski definition) is 6. The molecule has 0 aliphatic carbocycles. The van der Waals surface area contributed by atoms with E-state index in [2.05, 4.69) is 10.5 Å². The Kier molecular flexibility index (Phi) is 5.84. The Morgan fingerprint density at radius 2 is 2.16 bits per heavy atom. The van der Waals surface area contributed by atoms with Crippen LogP contribution in [0.2, 0.25) is 0 Å². The molecule has 0 aliphatic rings. The third-order valence-corrected chi connectivity index (χ3v) is 3.44. The minimum atomic E-state index is -1.26. The number of aliphatic hydroxyl groups excluding tert-OH is 1. The Hall–Kier alpha value is -1.54. The van der Waals surface area contributed by atoms with Crippen LogP contribution < -0.4 is 5.32 Å². The van der Waals surface area contributed by atoms with E-state index < -0.39 is 24.5 Å². The van der Waals surface area contributed by atoms with Gasteiger partial charge in [0, 0.05) is 11.3 Å². The molecule has 0 saturated heterocycles. The van der Waals surface area contributed by atoms with E-state index in [1.54, 1.807) is 6.92 Å². The summed E-state index contributed by atoms with van der Waals surface area (Å²) in [6.07, 6.45) is 0. The molecule has 0 radical (unpaired) electrons. The van der Waals surface area contributed by atoms with Gasteiger partial charge < -0.3 is 20.1 Å². The van der Waals surface area contributed by atoms with Crippen molar-refractivity contribution < 1.29 is 24.3 Å². The van der Waals surface area contributed by atoms with Gasteiger partial charge in [-0.3, -0.25) is 4.79 Å². The van der Waals surface area contributed by atoms with Crippen LogP contribution in [0.4, 0.5) is 0 Å². The summed E-state index contributed by atoms with van der Waals surface area (Å²) < 4.78 is 4.99. The maximum Gasteiger partial charge on any atom is 0.328 e. The van der Waals surface area contributed by atoms with Crippen molar-refractivity contribution in [1.82, 2.24) is 10.5 Å². The summed E-state index contributed by atoms with van der Waals surface area (Å²) in [6, 6.07) is -1.26. The largest absolute Gasteiger partial charge is 0.480 e. The number of carbonyl (C=O) groups is 2. The van der Waals surface area contributed by atoms with Crippen LogP contribution in [0.1, 0.15) is 17.0 Å². The van der Waals surface area contributed by atoms with Crippen LogP contribution in [-0.2, 0) is 15.3 Å². The van der Waals surface area contributed by atoms with E-state index in [1.807, 2.05) is 6.92 Å². The topological polar surface area (TPSA) is 113 Å². The first-order valence-corrected chi connectivity index (χ1v) is 6.73. The van der Waals surface area contributed by atoms with Crippen LogP contribution in [0, 0.1) is 13.8 Å². The fourth-order valence-corrected chi connectivity index (χ4v) is 2.36. The summed E-state index contributed by atoms with van der Waals surface area (Å²) in [5.74, 6) is -0.312. The quantitative estimate of drug-likeness (QED) is 0.651. The Balaban J connectivity index is 2.37. The first kappa shape index (κ1) is 15.5. The van der Waals surface area contributed by atoms with Crippen molar-refractivity contribution in [3.63, 3.8) is 0 Å². The van der Waals surface area contributed by atoms with Crippen molar-refractivity contribution in [2.75, 3.05) is 12.4 Å². The molecular weight excluding hydrogens is 272 g/mol. The van der Waals surface area contributed by atoms with Crippen molar-refractivity contribution in [2.45, 2.75) is 25.6 Å². The zero-order valence-corrected chi connectivity index (χ0v) is 11.5. The van der Waals surface area contributed by atoms with Crippen molar-refractivity contribution in [1.29, 1.82) is 0 Å². The van der Waals surface area contributed by atoms with Crippen molar-refractivity contribution in [3.05, 3.63) is 17.0 Å². The number of carboxylic acids is 1. The number of nitrogens with one attached hydrogen (secondary N) is 1. The molecule has 0 saturated carbocycles. The second kappa shape index (κ2) is 7.15. The molecule has 19 heavy (non-hydrogen) atoms. The van der Waals surface area contributed by atoms with E-state index in [-0.39, 0.29) is 5.75 Å². The number of carboxylic acid groups (broad SMARTS) is 1. The number of hydrogen-bond donors (Lipinski definition) is 3. The van der Waals surface area contributed by atoms with Crippen LogP contribution >= 0.6 is 11.8 Å². The molecule has 3 N–H and O–H groups in total. The smallest absolute Gasteiger partial charge is 0.328 e. The molecule has 8 heteroatoms. The summed E-state index contributed by atoms with van der Waals surface area (Å²) in [5.41, 5.74) is 1.72. The van der Waals surface area contributed by atoms with Crippen LogP contribution in [0.15, 0.2) is 4.52 Å². The van der Waals surface area contributed by atoms with Gasteiger partial charge >= 0.3 is 5.97 Å². The third-order valence-electron chi connectivity index (χ3n) is 2.48. The van der Waals surface area contributed by atoms with E-state index in [0.717, 1.165) is 11.3 Å². The van der Waals surface area contributed by atoms with Crippen molar-refractivity contribution >= 4 is 23.6 Å². The lowest BCUT2D eigenvalue weighted by Gasteiger charge is -2.11. The fraction of sp³-hybridized carbons (Fsp3) is 0.545. The molecule has 0 bridgehead atoms. The zero-order valence-electron chi connectivity index (χ0n) is 10.7. The number of aliphatic hydroxyl groups is 1. The SMILES string of the molecule is Cc1noc(C)c1CSCC(=O)N[C@H](CO)C(=O)O. The first-order chi connectivity index (χ1) is 8.95. The van der Waals surface area contributed by atoms with Crippen LogP contribution in [-0.4, -0.2) is 45.6 Å². The number of aliphatic carboxylic acids is 1. The predicted molar refractivity (Wildman–Crippen MR) is 68.8 cm³/mol. The molecule has 1 atom stereocenters. The average molecular weight is 288 g/mol. The van der Waals surface area contributed by atoms with Crippen molar-refractivity contribution in [2.24, 2.45) is 0 Å². The molecule has 106 valence electrons. The molecule has 0 unspecified atom stereocenters. The van der Waals surface area contributed by atoms with E-state index in [4.69, 9.17) is 14.7 Å². The fourth-order valence-electron chi connectivity index (χ4n) is 1.38. The number of carbonyl (C=O) groups excluding carboxylic acids is 1. The predicted octanol–water partition coefficient (Wildman–Crippen LogP) is 0.0863. The summed E-state index contributed by atoms with van der Waals surface area (Å²) in [7, 11) is 0. The molecular formula is C11H16N2O5S. The maximum atomic E-state index is 11.5. The van der Waals surface area contributed by atoms with Gasteiger partial charge in [0.15, 0.2) is 0 Å². The minimum Gasteiger partial charge on any atom is -0.480 e. The van der Waals surface area contributed by atoms with Gasteiger partial charge in [-0.25, -0.2) is 4.79 Å². The van der Waals surface area contributed by atoms with Crippen LogP contribution in [0.3, 0.4) is 0 Å². The Morgan fingerprint density at radius 3 is 2.63 bits per heavy atom. The van der Waals surface area contributed by atoms with Gasteiger partial charge in [-0.1, -0.05) is 5.16 Å². The highest BCUT2D eigenvalue weighted by molar-refractivity contribution is 7.99. The lowest BCUT2D eigenvalue weighted by atomic mass is 10.2. The van der Waals surface area contributed by atoms with Crippen molar-refractivity contribution in [3.8, 4) is 0 Å².